The van der Waals surface area contributed by atoms with E-state index in [-0.39, 0.29) is 39.3 Å². The van der Waals surface area contributed by atoms with Crippen LogP contribution in [0, 0.1) is 39.9 Å². The van der Waals surface area contributed by atoms with Crippen molar-refractivity contribution >= 4 is 14.3 Å². The van der Waals surface area contributed by atoms with Crippen molar-refractivity contribution in [2.75, 3.05) is 7.11 Å². The first-order valence-electron chi connectivity index (χ1n) is 16.2. The minimum Gasteiger partial charge on any atom is -0.469 e. The molecule has 3 nitrogen and oxygen atoms in total. The van der Waals surface area contributed by atoms with Gasteiger partial charge in [-0.05, 0) is 112 Å². The molecule has 0 heterocycles. The lowest BCUT2D eigenvalue weighted by Gasteiger charge is -2.60. The molecule has 0 unspecified atom stereocenters. The van der Waals surface area contributed by atoms with E-state index >= 15 is 0 Å². The Labute approximate surface area is 247 Å². The number of allylic oxidation sites excluding steroid dienone is 5. The second-order valence-corrected chi connectivity index (χ2v) is 21.4. The van der Waals surface area contributed by atoms with Crippen LogP contribution in [0.5, 0.6) is 0 Å². The van der Waals surface area contributed by atoms with Crippen molar-refractivity contribution in [1.29, 1.82) is 0 Å². The van der Waals surface area contributed by atoms with Crippen molar-refractivity contribution in [1.82, 2.24) is 0 Å². The Bertz CT molecular complexity index is 1070. The van der Waals surface area contributed by atoms with Crippen LogP contribution in [0.1, 0.15) is 114 Å². The van der Waals surface area contributed by atoms with Gasteiger partial charge < -0.3 is 9.16 Å². The molecule has 3 fully saturated rings. The predicted octanol–water partition coefficient (Wildman–Crippen LogP) is 10.0. The van der Waals surface area contributed by atoms with E-state index in [2.05, 4.69) is 93.6 Å². The summed E-state index contributed by atoms with van der Waals surface area (Å²) in [7, 11) is -0.280. The van der Waals surface area contributed by atoms with Crippen molar-refractivity contribution in [3.05, 3.63) is 34.9 Å². The molecular weight excluding hydrogens is 508 g/mol. The van der Waals surface area contributed by atoms with Crippen molar-refractivity contribution in [2.45, 2.75) is 138 Å². The number of carbonyl (C=O) groups excluding carboxylic acids is 1. The summed E-state index contributed by atoms with van der Waals surface area (Å²) in [5.41, 5.74) is 5.04. The summed E-state index contributed by atoms with van der Waals surface area (Å²) in [6.45, 7) is 26.2. The molecule has 226 valence electrons. The minimum absolute atomic E-state index is 0.000103. The minimum atomic E-state index is -1.86. The fraction of sp³-hybridized carbons (Fsp3) is 0.806. The maximum absolute atomic E-state index is 13.1. The standard InChI is InChI=1S/C36H60O3Si/c1-24(2)14-13-15-26(32(37)38-10)28-18-17-27-25-16-19-30-34(6,7)31(39-40(11,12)33(3,4)5)21-23-36(30,9)29(25)20-22-35(27,28)8/h14,16,19,26-29,31H,13,15,17-18,20-23H2,1-12H3/t26-,27+,28-,29+,31+,35+,36-/m1/s1. The van der Waals surface area contributed by atoms with E-state index in [0.717, 1.165) is 25.7 Å². The van der Waals surface area contributed by atoms with Gasteiger partial charge in [0.05, 0.1) is 19.1 Å². The first kappa shape index (κ1) is 31.8. The molecule has 4 heteroatoms. The van der Waals surface area contributed by atoms with E-state index in [1.165, 1.54) is 31.3 Å². The number of ether oxygens (including phenoxy) is 1. The highest BCUT2D eigenvalue weighted by molar-refractivity contribution is 6.74. The molecule has 0 aliphatic heterocycles. The zero-order chi connectivity index (χ0) is 29.9. The second-order valence-electron chi connectivity index (χ2n) is 16.6. The Morgan fingerprint density at radius 3 is 2.30 bits per heavy atom. The van der Waals surface area contributed by atoms with Gasteiger partial charge in [0, 0.05) is 5.41 Å². The van der Waals surface area contributed by atoms with Crippen molar-refractivity contribution in [2.24, 2.45) is 39.9 Å². The van der Waals surface area contributed by atoms with Gasteiger partial charge in [-0.15, -0.1) is 0 Å². The van der Waals surface area contributed by atoms with Gasteiger partial charge in [-0.2, -0.15) is 0 Å². The summed E-state index contributed by atoms with van der Waals surface area (Å²) >= 11 is 0. The first-order chi connectivity index (χ1) is 18.4. The summed E-state index contributed by atoms with van der Waals surface area (Å²) in [4.78, 5) is 13.1. The Morgan fingerprint density at radius 1 is 1.02 bits per heavy atom. The molecule has 0 aromatic heterocycles. The van der Waals surface area contributed by atoms with Crippen molar-refractivity contribution < 1.29 is 14.0 Å². The largest absolute Gasteiger partial charge is 0.469 e. The van der Waals surface area contributed by atoms with Crippen molar-refractivity contribution in [3.63, 3.8) is 0 Å². The lowest BCUT2D eigenvalue weighted by molar-refractivity contribution is -0.150. The summed E-state index contributed by atoms with van der Waals surface area (Å²) in [6.07, 6.45) is 16.7. The number of esters is 1. The third-order valence-electron chi connectivity index (χ3n) is 12.7. The molecule has 0 aromatic rings. The van der Waals surface area contributed by atoms with Crippen LogP contribution in [0.2, 0.25) is 18.1 Å². The average Bonchev–Trinajstić information content (AvgIpc) is 3.19. The SMILES string of the molecule is COC(=O)[C@H](CCC=C(C)C)[C@H]1CC[C@H]2C3=CC=C4C(C)(C)[C@@H](O[Si](C)(C)C(C)(C)C)CC[C@]4(C)[C@H]3CC[C@]12C. The molecular formula is C36H60O3Si. The van der Waals surface area contributed by atoms with E-state index in [9.17, 15) is 4.79 Å². The number of hydrogen-bond donors (Lipinski definition) is 0. The quantitative estimate of drug-likeness (QED) is 0.174. The second kappa shape index (κ2) is 10.9. The third-order valence-corrected chi connectivity index (χ3v) is 17.2. The van der Waals surface area contributed by atoms with E-state index in [1.807, 2.05) is 0 Å². The third kappa shape index (κ3) is 5.27. The maximum atomic E-state index is 13.1. The lowest BCUT2D eigenvalue weighted by atomic mass is 9.46. The average molecular weight is 569 g/mol. The number of methoxy groups -OCH3 is 1. The molecule has 0 radical (unpaired) electrons. The molecule has 0 amide bonds. The maximum Gasteiger partial charge on any atom is 0.308 e. The number of carbonyl (C=O) groups is 1. The van der Waals surface area contributed by atoms with Gasteiger partial charge >= 0.3 is 5.97 Å². The van der Waals surface area contributed by atoms with Crippen LogP contribution in [0.25, 0.3) is 0 Å². The molecule has 40 heavy (non-hydrogen) atoms. The number of rotatable bonds is 7. The van der Waals surface area contributed by atoms with Gasteiger partial charge in [-0.3, -0.25) is 4.79 Å². The monoisotopic (exact) mass is 568 g/mol. The van der Waals surface area contributed by atoms with Gasteiger partial charge in [-0.25, -0.2) is 0 Å². The Balaban J connectivity index is 1.63. The van der Waals surface area contributed by atoms with E-state index in [0.29, 0.717) is 17.8 Å². The van der Waals surface area contributed by atoms with Gasteiger partial charge in [0.25, 0.3) is 0 Å². The summed E-state index contributed by atoms with van der Waals surface area (Å²) in [6, 6.07) is 0. The molecule has 7 atom stereocenters. The molecule has 4 aliphatic carbocycles. The molecule has 0 N–H and O–H groups in total. The Morgan fingerprint density at radius 2 is 1.70 bits per heavy atom. The van der Waals surface area contributed by atoms with Crippen LogP contribution >= 0.6 is 0 Å². The predicted molar refractivity (Wildman–Crippen MR) is 171 cm³/mol. The van der Waals surface area contributed by atoms with Crippen LogP contribution in [0.4, 0.5) is 0 Å². The first-order valence-corrected chi connectivity index (χ1v) is 19.1. The molecule has 4 rings (SSSR count). The molecule has 0 aromatic carbocycles. The zero-order valence-electron chi connectivity index (χ0n) is 28.0. The van der Waals surface area contributed by atoms with E-state index in [4.69, 9.17) is 9.16 Å². The highest BCUT2D eigenvalue weighted by atomic mass is 28.4. The van der Waals surface area contributed by atoms with E-state index in [1.54, 1.807) is 18.3 Å². The number of hydrogen-bond acceptors (Lipinski definition) is 3. The molecule has 3 saturated carbocycles. The lowest BCUT2D eigenvalue weighted by Crippen LogP contribution is -2.55. The topological polar surface area (TPSA) is 35.5 Å². The fourth-order valence-corrected chi connectivity index (χ4v) is 10.8. The summed E-state index contributed by atoms with van der Waals surface area (Å²) in [5, 5.41) is 0.221. The van der Waals surface area contributed by atoms with Crippen molar-refractivity contribution in [3.8, 4) is 0 Å². The van der Waals surface area contributed by atoms with Crippen LogP contribution in [-0.4, -0.2) is 27.5 Å². The van der Waals surface area contributed by atoms with Crippen LogP contribution < -0.4 is 0 Å². The summed E-state index contributed by atoms with van der Waals surface area (Å²) < 4.78 is 12.5. The molecule has 0 bridgehead atoms. The highest BCUT2D eigenvalue weighted by Gasteiger charge is 2.60. The number of fused-ring (bicyclic) bond motifs is 5. The fourth-order valence-electron chi connectivity index (χ4n) is 9.32. The molecule has 0 saturated heterocycles. The van der Waals surface area contributed by atoms with E-state index < -0.39 is 8.32 Å². The smallest absolute Gasteiger partial charge is 0.308 e. The van der Waals surface area contributed by atoms with Gasteiger partial charge in [0.15, 0.2) is 8.32 Å². The Hall–Kier alpha value is -1.13. The van der Waals surface area contributed by atoms with Gasteiger partial charge in [0.1, 0.15) is 0 Å². The normalized spacial score (nSPS) is 35.9. The van der Waals surface area contributed by atoms with Gasteiger partial charge in [-0.1, -0.05) is 83.4 Å². The van der Waals surface area contributed by atoms with Crippen LogP contribution in [0.3, 0.4) is 0 Å². The van der Waals surface area contributed by atoms with Gasteiger partial charge in [0.2, 0.25) is 0 Å². The highest BCUT2D eigenvalue weighted by Crippen LogP contribution is 2.68. The Kier molecular flexibility index (Phi) is 8.63. The molecule has 4 aliphatic rings. The molecule has 0 spiro atoms. The summed E-state index contributed by atoms with van der Waals surface area (Å²) in [5.74, 6) is 1.59. The van der Waals surface area contributed by atoms with Crippen LogP contribution in [0.15, 0.2) is 34.9 Å². The zero-order valence-corrected chi connectivity index (χ0v) is 29.0. The van der Waals surface area contributed by atoms with Crippen LogP contribution in [-0.2, 0) is 14.0 Å².